The molecule has 0 radical (unpaired) electrons. The van der Waals surface area contributed by atoms with Gasteiger partial charge in [-0.2, -0.15) is 0 Å². The van der Waals surface area contributed by atoms with E-state index >= 15 is 0 Å². The number of anilines is 2. The fourth-order valence-electron chi connectivity index (χ4n) is 2.58. The van der Waals surface area contributed by atoms with Gasteiger partial charge in [-0.05, 0) is 73.2 Å². The molecule has 0 aliphatic heterocycles. The molecule has 0 saturated heterocycles. The van der Waals surface area contributed by atoms with Crippen LogP contribution in [-0.4, -0.2) is 14.1 Å². The maximum Gasteiger partial charge on any atom is 0.0370 e. The first-order valence-electron chi connectivity index (χ1n) is 7.10. The highest BCUT2D eigenvalue weighted by molar-refractivity contribution is 5.56. The summed E-state index contributed by atoms with van der Waals surface area (Å²) in [5, 5.41) is 6.49. The average molecular weight is 268 g/mol. The standard InChI is InChI=1S/C18H24N2/c1-12-6-7-17(19-4)10-15(12)9-16-11-18(20-5)14(3)8-13(16)2/h6-8,10-11,19-20H,9H2,1-5H3. The number of rotatable bonds is 4. The molecule has 0 bridgehead atoms. The van der Waals surface area contributed by atoms with Gasteiger partial charge in [-0.1, -0.05) is 12.1 Å². The smallest absolute Gasteiger partial charge is 0.0370 e. The van der Waals surface area contributed by atoms with Gasteiger partial charge in [0, 0.05) is 25.5 Å². The molecule has 0 aromatic heterocycles. The lowest BCUT2D eigenvalue weighted by Gasteiger charge is -2.14. The maximum atomic E-state index is 3.27. The Morgan fingerprint density at radius 3 is 2.10 bits per heavy atom. The van der Waals surface area contributed by atoms with Crippen molar-refractivity contribution < 1.29 is 0 Å². The molecule has 106 valence electrons. The lowest BCUT2D eigenvalue weighted by atomic mass is 9.95. The first-order valence-corrected chi connectivity index (χ1v) is 7.10. The average Bonchev–Trinajstić information content (AvgIpc) is 2.44. The minimum Gasteiger partial charge on any atom is -0.388 e. The molecule has 0 saturated carbocycles. The lowest BCUT2D eigenvalue weighted by Crippen LogP contribution is -2.00. The van der Waals surface area contributed by atoms with Crippen molar-refractivity contribution in [1.29, 1.82) is 0 Å². The van der Waals surface area contributed by atoms with E-state index in [9.17, 15) is 0 Å². The Morgan fingerprint density at radius 2 is 1.45 bits per heavy atom. The number of hydrogen-bond donors (Lipinski definition) is 2. The topological polar surface area (TPSA) is 24.1 Å². The molecule has 0 fully saturated rings. The largest absolute Gasteiger partial charge is 0.388 e. The SMILES string of the molecule is CNc1ccc(C)c(Cc2cc(NC)c(C)cc2C)c1. The molecule has 20 heavy (non-hydrogen) atoms. The van der Waals surface area contributed by atoms with E-state index in [4.69, 9.17) is 0 Å². The van der Waals surface area contributed by atoms with Crippen LogP contribution in [0.15, 0.2) is 30.3 Å². The molecule has 0 aliphatic rings. The van der Waals surface area contributed by atoms with Crippen LogP contribution in [0.1, 0.15) is 27.8 Å². The van der Waals surface area contributed by atoms with Crippen LogP contribution >= 0.6 is 0 Å². The summed E-state index contributed by atoms with van der Waals surface area (Å²) in [6.07, 6.45) is 0.974. The Hall–Kier alpha value is -1.96. The molecule has 2 aromatic carbocycles. The van der Waals surface area contributed by atoms with E-state index in [1.807, 2.05) is 14.1 Å². The molecule has 0 unspecified atom stereocenters. The predicted molar refractivity (Wildman–Crippen MR) is 89.0 cm³/mol. The van der Waals surface area contributed by atoms with E-state index in [-0.39, 0.29) is 0 Å². The third kappa shape index (κ3) is 2.96. The van der Waals surface area contributed by atoms with Crippen LogP contribution in [0.5, 0.6) is 0 Å². The molecule has 0 amide bonds. The number of aryl methyl sites for hydroxylation is 3. The normalized spacial score (nSPS) is 10.4. The quantitative estimate of drug-likeness (QED) is 0.864. The van der Waals surface area contributed by atoms with Crippen molar-refractivity contribution >= 4 is 11.4 Å². The van der Waals surface area contributed by atoms with Crippen molar-refractivity contribution in [3.8, 4) is 0 Å². The summed E-state index contributed by atoms with van der Waals surface area (Å²) in [4.78, 5) is 0. The van der Waals surface area contributed by atoms with Gasteiger partial charge < -0.3 is 10.6 Å². The summed E-state index contributed by atoms with van der Waals surface area (Å²) in [6.45, 7) is 6.52. The van der Waals surface area contributed by atoms with Crippen molar-refractivity contribution in [3.63, 3.8) is 0 Å². The van der Waals surface area contributed by atoms with Gasteiger partial charge in [0.15, 0.2) is 0 Å². The minimum atomic E-state index is 0.974. The Labute approximate surface area is 122 Å². The molecule has 2 aromatic rings. The van der Waals surface area contributed by atoms with Crippen LogP contribution in [0.2, 0.25) is 0 Å². The first kappa shape index (κ1) is 14.4. The Balaban J connectivity index is 2.39. The van der Waals surface area contributed by atoms with E-state index in [2.05, 4.69) is 61.7 Å². The van der Waals surface area contributed by atoms with Gasteiger partial charge >= 0.3 is 0 Å². The van der Waals surface area contributed by atoms with E-state index in [0.717, 1.165) is 6.42 Å². The van der Waals surface area contributed by atoms with E-state index in [1.165, 1.54) is 39.2 Å². The second-order valence-electron chi connectivity index (χ2n) is 5.41. The Morgan fingerprint density at radius 1 is 0.750 bits per heavy atom. The van der Waals surface area contributed by atoms with Crippen molar-refractivity contribution in [2.24, 2.45) is 0 Å². The van der Waals surface area contributed by atoms with Crippen LogP contribution in [-0.2, 0) is 6.42 Å². The zero-order valence-electron chi connectivity index (χ0n) is 13.1. The molecule has 0 atom stereocenters. The summed E-state index contributed by atoms with van der Waals surface area (Å²) < 4.78 is 0. The summed E-state index contributed by atoms with van der Waals surface area (Å²) in [6, 6.07) is 11.1. The van der Waals surface area contributed by atoms with Crippen molar-refractivity contribution in [2.75, 3.05) is 24.7 Å². The maximum absolute atomic E-state index is 3.27. The highest BCUT2D eigenvalue weighted by atomic mass is 14.8. The molecule has 2 rings (SSSR count). The second-order valence-corrected chi connectivity index (χ2v) is 5.41. The number of nitrogens with one attached hydrogen (secondary N) is 2. The number of hydrogen-bond acceptors (Lipinski definition) is 2. The van der Waals surface area contributed by atoms with E-state index in [1.54, 1.807) is 0 Å². The van der Waals surface area contributed by atoms with Crippen LogP contribution in [0.4, 0.5) is 11.4 Å². The van der Waals surface area contributed by atoms with Gasteiger partial charge in [0.05, 0.1) is 0 Å². The molecular formula is C18H24N2. The molecule has 2 nitrogen and oxygen atoms in total. The second kappa shape index (κ2) is 6.00. The van der Waals surface area contributed by atoms with Gasteiger partial charge in [0.25, 0.3) is 0 Å². The van der Waals surface area contributed by atoms with Gasteiger partial charge in [0.2, 0.25) is 0 Å². The minimum absolute atomic E-state index is 0.974. The predicted octanol–water partition coefficient (Wildman–Crippen LogP) is 4.29. The van der Waals surface area contributed by atoms with Crippen molar-refractivity contribution in [1.82, 2.24) is 0 Å². The lowest BCUT2D eigenvalue weighted by molar-refractivity contribution is 1.12. The highest BCUT2D eigenvalue weighted by Gasteiger charge is 2.07. The van der Waals surface area contributed by atoms with E-state index < -0.39 is 0 Å². The zero-order chi connectivity index (χ0) is 14.7. The number of benzene rings is 2. The van der Waals surface area contributed by atoms with Crippen LogP contribution in [0.25, 0.3) is 0 Å². The summed E-state index contributed by atoms with van der Waals surface area (Å²) in [7, 11) is 3.94. The van der Waals surface area contributed by atoms with Gasteiger partial charge in [-0.3, -0.25) is 0 Å². The highest BCUT2D eigenvalue weighted by Crippen LogP contribution is 2.25. The molecule has 0 spiro atoms. The third-order valence-electron chi connectivity index (χ3n) is 3.97. The monoisotopic (exact) mass is 268 g/mol. The van der Waals surface area contributed by atoms with Crippen LogP contribution < -0.4 is 10.6 Å². The molecule has 0 heterocycles. The van der Waals surface area contributed by atoms with Gasteiger partial charge in [-0.15, -0.1) is 0 Å². The van der Waals surface area contributed by atoms with E-state index in [0.29, 0.717) is 0 Å². The third-order valence-corrected chi connectivity index (χ3v) is 3.97. The summed E-state index contributed by atoms with van der Waals surface area (Å²) in [5.74, 6) is 0. The fourth-order valence-corrected chi connectivity index (χ4v) is 2.58. The van der Waals surface area contributed by atoms with Crippen molar-refractivity contribution in [2.45, 2.75) is 27.2 Å². The summed E-state index contributed by atoms with van der Waals surface area (Å²) in [5.41, 5.74) is 9.15. The molecule has 2 heteroatoms. The van der Waals surface area contributed by atoms with Crippen molar-refractivity contribution in [3.05, 3.63) is 58.1 Å². The molecular weight excluding hydrogens is 244 g/mol. The Bertz CT molecular complexity index is 615. The summed E-state index contributed by atoms with van der Waals surface area (Å²) >= 11 is 0. The first-order chi connectivity index (χ1) is 9.55. The zero-order valence-corrected chi connectivity index (χ0v) is 13.1. The van der Waals surface area contributed by atoms with Crippen LogP contribution in [0.3, 0.4) is 0 Å². The van der Waals surface area contributed by atoms with Crippen LogP contribution in [0, 0.1) is 20.8 Å². The van der Waals surface area contributed by atoms with Gasteiger partial charge in [0.1, 0.15) is 0 Å². The Kier molecular flexibility index (Phi) is 4.33. The molecule has 0 aliphatic carbocycles. The van der Waals surface area contributed by atoms with Gasteiger partial charge in [-0.25, -0.2) is 0 Å². The fraction of sp³-hybridized carbons (Fsp3) is 0.333. The molecule has 2 N–H and O–H groups in total.